The number of rotatable bonds is 7. The number of nitrogens with zero attached hydrogens (tertiary/aromatic N) is 2. The maximum absolute atomic E-state index is 10.8. The van der Waals surface area contributed by atoms with Gasteiger partial charge in [-0.25, -0.2) is 0 Å². The standard InChI is InChI=1S/C15H23N3O2/c1-11(2)7-8-17(13-4-5-13)10-12-3-6-15(18(19)20)14(16)9-12/h3,6,9,11,13H,4-5,7-8,10,16H2,1-2H3. The molecule has 110 valence electrons. The van der Waals surface area contributed by atoms with Crippen molar-refractivity contribution in [3.63, 3.8) is 0 Å². The van der Waals surface area contributed by atoms with E-state index in [0.29, 0.717) is 12.0 Å². The second kappa shape index (κ2) is 6.22. The number of nitrogens with two attached hydrogens (primary N) is 1. The van der Waals surface area contributed by atoms with E-state index in [1.807, 2.05) is 6.07 Å². The first-order chi connectivity index (χ1) is 9.47. The molecule has 0 aromatic heterocycles. The number of nitro benzene ring substituents is 1. The van der Waals surface area contributed by atoms with E-state index in [9.17, 15) is 10.1 Å². The topological polar surface area (TPSA) is 72.4 Å². The van der Waals surface area contributed by atoms with Crippen LogP contribution >= 0.6 is 0 Å². The van der Waals surface area contributed by atoms with E-state index < -0.39 is 4.92 Å². The van der Waals surface area contributed by atoms with Crippen molar-refractivity contribution in [3.8, 4) is 0 Å². The molecule has 0 bridgehead atoms. The molecule has 1 fully saturated rings. The van der Waals surface area contributed by atoms with Crippen LogP contribution in [0.4, 0.5) is 11.4 Å². The van der Waals surface area contributed by atoms with Crippen molar-refractivity contribution >= 4 is 11.4 Å². The summed E-state index contributed by atoms with van der Waals surface area (Å²) < 4.78 is 0. The van der Waals surface area contributed by atoms with Crippen molar-refractivity contribution in [3.05, 3.63) is 33.9 Å². The van der Waals surface area contributed by atoms with E-state index in [0.717, 1.165) is 18.7 Å². The highest BCUT2D eigenvalue weighted by Crippen LogP contribution is 2.30. The van der Waals surface area contributed by atoms with Gasteiger partial charge < -0.3 is 5.73 Å². The number of hydrogen-bond donors (Lipinski definition) is 1. The quantitative estimate of drug-likeness (QED) is 0.472. The molecule has 2 N–H and O–H groups in total. The van der Waals surface area contributed by atoms with Crippen molar-refractivity contribution in [1.82, 2.24) is 4.90 Å². The molecule has 0 aliphatic heterocycles. The van der Waals surface area contributed by atoms with E-state index >= 15 is 0 Å². The van der Waals surface area contributed by atoms with Crippen LogP contribution in [0, 0.1) is 16.0 Å². The summed E-state index contributed by atoms with van der Waals surface area (Å²) in [4.78, 5) is 12.8. The molecule has 0 spiro atoms. The molecule has 0 heterocycles. The maximum atomic E-state index is 10.8. The molecule has 0 amide bonds. The van der Waals surface area contributed by atoms with Gasteiger partial charge in [0.15, 0.2) is 0 Å². The van der Waals surface area contributed by atoms with Gasteiger partial charge >= 0.3 is 0 Å². The summed E-state index contributed by atoms with van der Waals surface area (Å²) in [6.45, 7) is 6.38. The van der Waals surface area contributed by atoms with Gasteiger partial charge in [0.2, 0.25) is 0 Å². The maximum Gasteiger partial charge on any atom is 0.292 e. The molecule has 1 saturated carbocycles. The van der Waals surface area contributed by atoms with Crippen LogP contribution in [0.2, 0.25) is 0 Å². The summed E-state index contributed by atoms with van der Waals surface area (Å²) in [5.41, 5.74) is 7.06. The second-order valence-corrected chi connectivity index (χ2v) is 6.03. The molecular weight excluding hydrogens is 254 g/mol. The molecular formula is C15H23N3O2. The number of nitro groups is 1. The first-order valence-electron chi connectivity index (χ1n) is 7.24. The van der Waals surface area contributed by atoms with Crippen LogP contribution in [-0.4, -0.2) is 22.4 Å². The Morgan fingerprint density at radius 3 is 2.65 bits per heavy atom. The average molecular weight is 277 g/mol. The van der Waals surface area contributed by atoms with E-state index in [1.165, 1.54) is 25.3 Å². The predicted octanol–water partition coefficient (Wildman–Crippen LogP) is 3.19. The number of nitrogen functional groups attached to an aromatic ring is 1. The van der Waals surface area contributed by atoms with Crippen LogP contribution in [0.1, 0.15) is 38.7 Å². The third-order valence-corrected chi connectivity index (χ3v) is 3.73. The monoisotopic (exact) mass is 277 g/mol. The van der Waals surface area contributed by atoms with Crippen LogP contribution in [-0.2, 0) is 6.54 Å². The smallest absolute Gasteiger partial charge is 0.292 e. The van der Waals surface area contributed by atoms with E-state index in [2.05, 4.69) is 18.7 Å². The first kappa shape index (κ1) is 14.8. The molecule has 1 aromatic carbocycles. The van der Waals surface area contributed by atoms with Crippen LogP contribution in [0.15, 0.2) is 18.2 Å². The summed E-state index contributed by atoms with van der Waals surface area (Å²) in [5, 5.41) is 10.8. The van der Waals surface area contributed by atoms with E-state index in [1.54, 1.807) is 6.07 Å². The summed E-state index contributed by atoms with van der Waals surface area (Å²) in [6, 6.07) is 5.76. The Kier molecular flexibility index (Phi) is 4.60. The highest BCUT2D eigenvalue weighted by Gasteiger charge is 2.28. The highest BCUT2D eigenvalue weighted by molar-refractivity contribution is 5.59. The van der Waals surface area contributed by atoms with Crippen molar-refractivity contribution in [2.24, 2.45) is 5.92 Å². The molecule has 2 rings (SSSR count). The minimum atomic E-state index is -0.434. The van der Waals surface area contributed by atoms with E-state index in [-0.39, 0.29) is 11.4 Å². The molecule has 0 unspecified atom stereocenters. The molecule has 0 atom stereocenters. The van der Waals surface area contributed by atoms with Crippen molar-refractivity contribution in [2.75, 3.05) is 12.3 Å². The van der Waals surface area contributed by atoms with Crippen LogP contribution in [0.25, 0.3) is 0 Å². The fraction of sp³-hybridized carbons (Fsp3) is 0.600. The third kappa shape index (κ3) is 3.93. The Morgan fingerprint density at radius 1 is 1.45 bits per heavy atom. The average Bonchev–Trinajstić information content (AvgIpc) is 3.18. The largest absolute Gasteiger partial charge is 0.393 e. The van der Waals surface area contributed by atoms with Crippen molar-refractivity contribution < 1.29 is 4.92 Å². The number of anilines is 1. The fourth-order valence-corrected chi connectivity index (χ4v) is 2.36. The van der Waals surface area contributed by atoms with Crippen molar-refractivity contribution in [2.45, 2.75) is 45.7 Å². The molecule has 20 heavy (non-hydrogen) atoms. The normalized spacial score (nSPS) is 15.0. The third-order valence-electron chi connectivity index (χ3n) is 3.73. The lowest BCUT2D eigenvalue weighted by molar-refractivity contribution is -0.383. The van der Waals surface area contributed by atoms with Gasteiger partial charge in [-0.15, -0.1) is 0 Å². The van der Waals surface area contributed by atoms with Gasteiger partial charge in [0.25, 0.3) is 5.69 Å². The SMILES string of the molecule is CC(C)CCN(Cc1ccc([N+](=O)[O-])c(N)c1)C1CC1. The minimum Gasteiger partial charge on any atom is -0.393 e. The molecule has 1 aliphatic rings. The van der Waals surface area contributed by atoms with Gasteiger partial charge in [0.1, 0.15) is 5.69 Å². The molecule has 0 saturated heterocycles. The Bertz CT molecular complexity index is 484. The molecule has 1 aromatic rings. The van der Waals surface area contributed by atoms with Gasteiger partial charge in [-0.2, -0.15) is 0 Å². The predicted molar refractivity (Wildman–Crippen MR) is 80.4 cm³/mol. The minimum absolute atomic E-state index is 0.00565. The van der Waals surface area contributed by atoms with Crippen molar-refractivity contribution in [1.29, 1.82) is 0 Å². The summed E-state index contributed by atoms with van der Waals surface area (Å²) in [6.07, 6.45) is 3.71. The van der Waals surface area contributed by atoms with Crippen LogP contribution < -0.4 is 5.73 Å². The number of hydrogen-bond acceptors (Lipinski definition) is 4. The summed E-state index contributed by atoms with van der Waals surface area (Å²) in [5.74, 6) is 0.693. The summed E-state index contributed by atoms with van der Waals surface area (Å²) >= 11 is 0. The van der Waals surface area contributed by atoms with Gasteiger partial charge in [-0.1, -0.05) is 19.9 Å². The second-order valence-electron chi connectivity index (χ2n) is 6.03. The number of benzene rings is 1. The zero-order valence-corrected chi connectivity index (χ0v) is 12.2. The zero-order valence-electron chi connectivity index (χ0n) is 12.2. The van der Waals surface area contributed by atoms with Crippen LogP contribution in [0.5, 0.6) is 0 Å². The van der Waals surface area contributed by atoms with Gasteiger partial charge in [-0.3, -0.25) is 15.0 Å². The Hall–Kier alpha value is -1.62. The summed E-state index contributed by atoms with van der Waals surface area (Å²) in [7, 11) is 0. The van der Waals surface area contributed by atoms with Gasteiger partial charge in [0, 0.05) is 18.7 Å². The molecule has 0 radical (unpaired) electrons. The molecule has 5 nitrogen and oxygen atoms in total. The molecule has 1 aliphatic carbocycles. The fourth-order valence-electron chi connectivity index (χ4n) is 2.36. The zero-order chi connectivity index (χ0) is 14.7. The van der Waals surface area contributed by atoms with Gasteiger partial charge in [-0.05, 0) is 43.4 Å². The lowest BCUT2D eigenvalue weighted by Gasteiger charge is -2.23. The highest BCUT2D eigenvalue weighted by atomic mass is 16.6. The Balaban J connectivity index is 2.03. The first-order valence-corrected chi connectivity index (χ1v) is 7.24. The lowest BCUT2D eigenvalue weighted by Crippen LogP contribution is -2.27. The Labute approximate surface area is 119 Å². The van der Waals surface area contributed by atoms with Gasteiger partial charge in [0.05, 0.1) is 4.92 Å². The van der Waals surface area contributed by atoms with E-state index in [4.69, 9.17) is 5.73 Å². The Morgan fingerprint density at radius 2 is 2.15 bits per heavy atom. The lowest BCUT2D eigenvalue weighted by atomic mass is 10.1. The van der Waals surface area contributed by atoms with Crippen LogP contribution in [0.3, 0.4) is 0 Å². The molecule has 5 heteroatoms.